The molecule has 0 saturated carbocycles. The van der Waals surface area contributed by atoms with Crippen molar-refractivity contribution in [2.45, 2.75) is 19.9 Å². The molecule has 4 nitrogen and oxygen atoms in total. The van der Waals surface area contributed by atoms with E-state index in [4.69, 9.17) is 10.2 Å². The van der Waals surface area contributed by atoms with E-state index < -0.39 is 0 Å². The van der Waals surface area contributed by atoms with Crippen molar-refractivity contribution < 1.29 is 13.6 Å². The quantitative estimate of drug-likeness (QED) is 0.879. The Bertz CT molecular complexity index is 608. The Morgan fingerprint density at radius 1 is 1.40 bits per heavy atom. The van der Waals surface area contributed by atoms with E-state index in [1.807, 2.05) is 6.92 Å². The van der Waals surface area contributed by atoms with Crippen LogP contribution in [0, 0.1) is 12.7 Å². The van der Waals surface area contributed by atoms with E-state index >= 15 is 0 Å². The zero-order valence-electron chi connectivity index (χ0n) is 11.3. The Kier molecular flexibility index (Phi) is 4.53. The Hall–Kier alpha value is -2.14. The molecular weight excluding hydrogens is 259 g/mol. The fraction of sp³-hybridized carbons (Fsp3) is 0.267. The van der Waals surface area contributed by atoms with E-state index in [0.29, 0.717) is 24.3 Å². The fourth-order valence-electron chi connectivity index (χ4n) is 1.96. The lowest BCUT2D eigenvalue weighted by molar-refractivity contribution is 0.0953. The van der Waals surface area contributed by atoms with Gasteiger partial charge in [-0.15, -0.1) is 0 Å². The number of rotatable bonds is 5. The Balaban J connectivity index is 1.87. The Morgan fingerprint density at radius 2 is 2.20 bits per heavy atom. The molecule has 1 aromatic carbocycles. The molecule has 0 atom stereocenters. The van der Waals surface area contributed by atoms with E-state index in [1.165, 1.54) is 18.4 Å². The van der Waals surface area contributed by atoms with Gasteiger partial charge in [0.1, 0.15) is 17.8 Å². The molecule has 5 heteroatoms. The number of furan rings is 1. The highest BCUT2D eigenvalue weighted by atomic mass is 19.1. The third-order valence-electron chi connectivity index (χ3n) is 3.10. The lowest BCUT2D eigenvalue weighted by Gasteiger charge is -2.07. The normalized spacial score (nSPS) is 10.6. The molecule has 0 bridgehead atoms. The average Bonchev–Trinajstić information content (AvgIpc) is 2.90. The van der Waals surface area contributed by atoms with Crippen LogP contribution in [0.15, 0.2) is 34.9 Å². The molecule has 2 aromatic rings. The van der Waals surface area contributed by atoms with Crippen LogP contribution < -0.4 is 11.1 Å². The molecule has 0 aliphatic heterocycles. The predicted molar refractivity (Wildman–Crippen MR) is 73.8 cm³/mol. The van der Waals surface area contributed by atoms with Crippen molar-refractivity contribution in [1.29, 1.82) is 0 Å². The molecule has 0 spiro atoms. The predicted octanol–water partition coefficient (Wildman–Crippen LogP) is 2.16. The maximum atomic E-state index is 13.0. The first-order chi connectivity index (χ1) is 9.60. The molecule has 0 saturated heterocycles. The molecule has 0 aliphatic rings. The summed E-state index contributed by atoms with van der Waals surface area (Å²) in [5.74, 6) is 0.126. The zero-order chi connectivity index (χ0) is 14.5. The van der Waals surface area contributed by atoms with Crippen LogP contribution >= 0.6 is 0 Å². The second-order valence-corrected chi connectivity index (χ2v) is 4.58. The maximum Gasteiger partial charge on any atom is 0.254 e. The minimum absolute atomic E-state index is 0.201. The summed E-state index contributed by atoms with van der Waals surface area (Å²) in [6, 6.07) is 6.27. The average molecular weight is 276 g/mol. The Morgan fingerprint density at radius 3 is 2.85 bits per heavy atom. The van der Waals surface area contributed by atoms with Crippen molar-refractivity contribution >= 4 is 5.91 Å². The maximum absolute atomic E-state index is 13.0. The lowest BCUT2D eigenvalue weighted by Crippen LogP contribution is -2.25. The highest BCUT2D eigenvalue weighted by Crippen LogP contribution is 2.11. The smallest absolute Gasteiger partial charge is 0.254 e. The van der Waals surface area contributed by atoms with Gasteiger partial charge in [0.15, 0.2) is 0 Å². The van der Waals surface area contributed by atoms with Crippen molar-refractivity contribution in [3.8, 4) is 0 Å². The van der Waals surface area contributed by atoms with E-state index in [-0.39, 0.29) is 18.3 Å². The van der Waals surface area contributed by atoms with Gasteiger partial charge in [-0.2, -0.15) is 0 Å². The lowest BCUT2D eigenvalue weighted by atomic mass is 10.1. The molecule has 0 radical (unpaired) electrons. The van der Waals surface area contributed by atoms with Gasteiger partial charge in [0.05, 0.1) is 12.1 Å². The highest BCUT2D eigenvalue weighted by molar-refractivity contribution is 5.93. The van der Waals surface area contributed by atoms with Crippen LogP contribution in [0.2, 0.25) is 0 Å². The fourth-order valence-corrected chi connectivity index (χ4v) is 1.96. The molecule has 0 aliphatic carbocycles. The standard InChI is InChI=1S/C15H17FN2O2/c1-10-6-13(16)3-2-11(10)4-5-18-15(19)12-7-14(8-17)20-9-12/h2-3,6-7,9H,4-5,8,17H2,1H3,(H,18,19). The van der Waals surface area contributed by atoms with Crippen LogP contribution in [0.3, 0.4) is 0 Å². The van der Waals surface area contributed by atoms with Gasteiger partial charge in [0.25, 0.3) is 5.91 Å². The molecule has 0 unspecified atom stereocenters. The van der Waals surface area contributed by atoms with E-state index in [0.717, 1.165) is 11.1 Å². The summed E-state index contributed by atoms with van der Waals surface area (Å²) >= 11 is 0. The summed E-state index contributed by atoms with van der Waals surface area (Å²) in [6.07, 6.45) is 2.04. The second-order valence-electron chi connectivity index (χ2n) is 4.58. The molecule has 20 heavy (non-hydrogen) atoms. The SMILES string of the molecule is Cc1cc(F)ccc1CCNC(=O)c1coc(CN)c1. The van der Waals surface area contributed by atoms with Crippen molar-refractivity contribution in [2.75, 3.05) is 6.54 Å². The first kappa shape index (κ1) is 14.3. The Labute approximate surface area is 116 Å². The van der Waals surface area contributed by atoms with Gasteiger partial charge >= 0.3 is 0 Å². The summed E-state index contributed by atoms with van der Waals surface area (Å²) in [5, 5.41) is 2.79. The molecule has 2 rings (SSSR count). The second kappa shape index (κ2) is 6.34. The molecule has 1 aromatic heterocycles. The summed E-state index contributed by atoms with van der Waals surface area (Å²) in [5.41, 5.74) is 7.77. The summed E-state index contributed by atoms with van der Waals surface area (Å²) in [4.78, 5) is 11.8. The van der Waals surface area contributed by atoms with Crippen LogP contribution in [0.5, 0.6) is 0 Å². The minimum Gasteiger partial charge on any atom is -0.467 e. The molecule has 106 valence electrons. The third kappa shape index (κ3) is 3.45. The zero-order valence-corrected chi connectivity index (χ0v) is 11.3. The first-order valence-corrected chi connectivity index (χ1v) is 6.41. The number of aryl methyl sites for hydroxylation is 1. The van der Waals surface area contributed by atoms with E-state index in [1.54, 1.807) is 12.1 Å². The molecule has 1 heterocycles. The number of hydrogen-bond acceptors (Lipinski definition) is 3. The minimum atomic E-state index is -0.247. The number of nitrogens with one attached hydrogen (secondary N) is 1. The van der Waals surface area contributed by atoms with E-state index in [9.17, 15) is 9.18 Å². The molecule has 3 N–H and O–H groups in total. The summed E-state index contributed by atoms with van der Waals surface area (Å²) < 4.78 is 18.1. The van der Waals surface area contributed by atoms with Crippen molar-refractivity contribution in [2.24, 2.45) is 5.73 Å². The van der Waals surface area contributed by atoms with Gasteiger partial charge in [-0.05, 0) is 42.7 Å². The van der Waals surface area contributed by atoms with Gasteiger partial charge in [-0.1, -0.05) is 6.07 Å². The van der Waals surface area contributed by atoms with Gasteiger partial charge in [-0.25, -0.2) is 4.39 Å². The van der Waals surface area contributed by atoms with Crippen LogP contribution in [0.1, 0.15) is 27.2 Å². The number of carbonyl (C=O) groups is 1. The number of hydrogen-bond donors (Lipinski definition) is 2. The van der Waals surface area contributed by atoms with Crippen molar-refractivity contribution in [1.82, 2.24) is 5.32 Å². The first-order valence-electron chi connectivity index (χ1n) is 6.41. The molecule has 0 fully saturated rings. The number of benzene rings is 1. The van der Waals surface area contributed by atoms with Crippen molar-refractivity contribution in [3.05, 3.63) is 58.8 Å². The van der Waals surface area contributed by atoms with E-state index in [2.05, 4.69) is 5.32 Å². The summed E-state index contributed by atoms with van der Waals surface area (Å²) in [6.45, 7) is 2.60. The van der Waals surface area contributed by atoms with Gasteiger partial charge < -0.3 is 15.5 Å². The topological polar surface area (TPSA) is 68.3 Å². The monoisotopic (exact) mass is 276 g/mol. The molecular formula is C15H17FN2O2. The number of halogens is 1. The molecule has 1 amide bonds. The van der Waals surface area contributed by atoms with Gasteiger partial charge in [0, 0.05) is 6.54 Å². The van der Waals surface area contributed by atoms with Gasteiger partial charge in [-0.3, -0.25) is 4.79 Å². The van der Waals surface area contributed by atoms with Crippen LogP contribution in [0.25, 0.3) is 0 Å². The van der Waals surface area contributed by atoms with Crippen molar-refractivity contribution in [3.63, 3.8) is 0 Å². The number of carbonyl (C=O) groups excluding carboxylic acids is 1. The highest BCUT2D eigenvalue weighted by Gasteiger charge is 2.09. The largest absolute Gasteiger partial charge is 0.467 e. The number of nitrogens with two attached hydrogens (primary N) is 1. The van der Waals surface area contributed by atoms with Crippen LogP contribution in [-0.2, 0) is 13.0 Å². The van der Waals surface area contributed by atoms with Crippen LogP contribution in [-0.4, -0.2) is 12.5 Å². The van der Waals surface area contributed by atoms with Gasteiger partial charge in [0.2, 0.25) is 0 Å². The number of amides is 1. The summed E-state index contributed by atoms with van der Waals surface area (Å²) in [7, 11) is 0. The third-order valence-corrected chi connectivity index (χ3v) is 3.10. The van der Waals surface area contributed by atoms with Crippen LogP contribution in [0.4, 0.5) is 4.39 Å².